The number of halogens is 2. The van der Waals surface area contributed by atoms with E-state index in [1.54, 1.807) is 0 Å². The SMILES string of the molecule is CN1CCN(CCCN2c3ccccc3Sc3ccc(Cl)cc32)CC1.Cc1cccc(CN2CCN(C(c3ccccc3)c3ccc(Cl)cc3)CC2)c1. The Balaban J connectivity index is 0.000000165. The highest BCUT2D eigenvalue weighted by Gasteiger charge is 2.27. The zero-order valence-electron chi connectivity index (χ0n) is 31.0. The fourth-order valence-corrected chi connectivity index (χ4v) is 9.08. The van der Waals surface area contributed by atoms with E-state index in [0.717, 1.165) is 62.3 Å². The van der Waals surface area contributed by atoms with Gasteiger partial charge in [0.1, 0.15) is 0 Å². The van der Waals surface area contributed by atoms with Gasteiger partial charge in [-0.05, 0) is 86.1 Å². The summed E-state index contributed by atoms with van der Waals surface area (Å²) in [6.07, 6.45) is 1.16. The molecule has 3 aliphatic rings. The number of anilines is 2. The van der Waals surface area contributed by atoms with Crippen molar-refractivity contribution in [2.45, 2.75) is 35.7 Å². The van der Waals surface area contributed by atoms with Crippen LogP contribution in [-0.4, -0.2) is 92.1 Å². The van der Waals surface area contributed by atoms with Crippen LogP contribution in [0.1, 0.15) is 34.7 Å². The summed E-state index contributed by atoms with van der Waals surface area (Å²) < 4.78 is 0. The molecule has 0 radical (unpaired) electrons. The van der Waals surface area contributed by atoms with Gasteiger partial charge in [-0.15, -0.1) is 0 Å². The maximum Gasteiger partial charge on any atom is 0.0602 e. The lowest BCUT2D eigenvalue weighted by Crippen LogP contribution is -2.47. The average Bonchev–Trinajstić information content (AvgIpc) is 3.18. The molecule has 0 aliphatic carbocycles. The van der Waals surface area contributed by atoms with Gasteiger partial charge in [0.15, 0.2) is 0 Å². The normalized spacial score (nSPS) is 17.4. The van der Waals surface area contributed by atoms with Crippen LogP contribution >= 0.6 is 35.0 Å². The molecule has 53 heavy (non-hydrogen) atoms. The van der Waals surface area contributed by atoms with Gasteiger partial charge >= 0.3 is 0 Å². The topological polar surface area (TPSA) is 16.2 Å². The van der Waals surface area contributed by atoms with Crippen LogP contribution < -0.4 is 4.90 Å². The van der Waals surface area contributed by atoms with Crippen LogP contribution in [0.5, 0.6) is 0 Å². The predicted octanol–water partition coefficient (Wildman–Crippen LogP) is 10.1. The van der Waals surface area contributed by atoms with Gasteiger partial charge in [0.05, 0.1) is 17.4 Å². The third-order valence-corrected chi connectivity index (χ3v) is 12.2. The van der Waals surface area contributed by atoms with Crippen molar-refractivity contribution in [3.05, 3.63) is 154 Å². The van der Waals surface area contributed by atoms with E-state index in [4.69, 9.17) is 23.2 Å². The minimum Gasteiger partial charge on any atom is -0.340 e. The first-order valence-corrected chi connectivity index (χ1v) is 20.5. The molecule has 5 aromatic rings. The molecule has 3 heterocycles. The second kappa shape index (κ2) is 18.3. The Labute approximate surface area is 331 Å². The minimum atomic E-state index is 0.277. The molecule has 0 aromatic heterocycles. The monoisotopic (exact) mass is 763 g/mol. The molecule has 2 saturated heterocycles. The maximum atomic E-state index is 6.29. The van der Waals surface area contributed by atoms with Crippen LogP contribution in [0.2, 0.25) is 10.0 Å². The van der Waals surface area contributed by atoms with E-state index in [0.29, 0.717) is 0 Å². The maximum absolute atomic E-state index is 6.29. The standard InChI is InChI=1S/C25H27ClN2.C20H24ClN3S/c1-20-6-5-7-21(18-20)19-27-14-16-28(17-15-27)25(22-8-3-2-4-9-22)23-10-12-24(26)13-11-23;1-22-11-13-23(14-12-22)9-4-10-24-17-5-2-3-6-19(17)25-20-8-7-16(21)15-18(20)24/h2-13,18,25H,14-17,19H2,1H3;2-3,5-8,15H,4,9-14H2,1H3. The Morgan fingerprint density at radius 1 is 0.585 bits per heavy atom. The van der Waals surface area contributed by atoms with E-state index < -0.39 is 0 Å². The van der Waals surface area contributed by atoms with E-state index >= 15 is 0 Å². The van der Waals surface area contributed by atoms with E-state index in [9.17, 15) is 0 Å². The molecule has 1 atom stereocenters. The Bertz CT molecular complexity index is 1910. The highest BCUT2D eigenvalue weighted by molar-refractivity contribution is 7.99. The molecule has 3 aliphatic heterocycles. The molecule has 1 unspecified atom stereocenters. The van der Waals surface area contributed by atoms with Crippen LogP contribution in [0.4, 0.5) is 11.4 Å². The summed E-state index contributed by atoms with van der Waals surface area (Å²) in [4.78, 5) is 15.2. The van der Waals surface area contributed by atoms with Gasteiger partial charge in [0.2, 0.25) is 0 Å². The molecule has 0 bridgehead atoms. The number of piperazine rings is 2. The van der Waals surface area contributed by atoms with E-state index in [-0.39, 0.29) is 6.04 Å². The smallest absolute Gasteiger partial charge is 0.0602 e. The van der Waals surface area contributed by atoms with Crippen molar-refractivity contribution in [2.75, 3.05) is 77.4 Å². The zero-order valence-corrected chi connectivity index (χ0v) is 33.3. The van der Waals surface area contributed by atoms with Crippen LogP contribution in [0.3, 0.4) is 0 Å². The van der Waals surface area contributed by atoms with E-state index in [2.05, 4.69) is 142 Å². The van der Waals surface area contributed by atoms with E-state index in [1.165, 1.54) is 69.6 Å². The lowest BCUT2D eigenvalue weighted by Gasteiger charge is -2.40. The summed E-state index contributed by atoms with van der Waals surface area (Å²) >= 11 is 14.3. The molecule has 8 rings (SSSR count). The molecule has 5 nitrogen and oxygen atoms in total. The van der Waals surface area contributed by atoms with Gasteiger partial charge in [-0.3, -0.25) is 9.80 Å². The Morgan fingerprint density at radius 3 is 2.00 bits per heavy atom. The van der Waals surface area contributed by atoms with Gasteiger partial charge in [0.25, 0.3) is 0 Å². The summed E-state index contributed by atoms with van der Waals surface area (Å²) in [5.41, 5.74) is 7.95. The van der Waals surface area contributed by atoms with Crippen LogP contribution in [0.15, 0.2) is 131 Å². The largest absolute Gasteiger partial charge is 0.340 e. The van der Waals surface area contributed by atoms with Crippen molar-refractivity contribution in [3.63, 3.8) is 0 Å². The lowest BCUT2D eigenvalue weighted by molar-refractivity contribution is 0.105. The first-order chi connectivity index (χ1) is 25.9. The Kier molecular flexibility index (Phi) is 13.1. The Hall–Kier alpha value is -3.33. The summed E-state index contributed by atoms with van der Waals surface area (Å²) in [5.74, 6) is 0. The quantitative estimate of drug-likeness (QED) is 0.148. The summed E-state index contributed by atoms with van der Waals surface area (Å²) in [6, 6.07) is 43.2. The molecule has 8 heteroatoms. The third-order valence-electron chi connectivity index (χ3n) is 10.6. The van der Waals surface area contributed by atoms with Gasteiger partial charge in [-0.2, -0.15) is 0 Å². The average molecular weight is 765 g/mol. The van der Waals surface area contributed by atoms with Gasteiger partial charge in [-0.1, -0.05) is 119 Å². The number of hydrogen-bond acceptors (Lipinski definition) is 6. The highest BCUT2D eigenvalue weighted by atomic mass is 35.5. The number of para-hydroxylation sites is 1. The van der Waals surface area contributed by atoms with Crippen molar-refractivity contribution < 1.29 is 0 Å². The molecule has 0 N–H and O–H groups in total. The Morgan fingerprint density at radius 2 is 1.25 bits per heavy atom. The van der Waals surface area contributed by atoms with Crippen LogP contribution in [0, 0.1) is 6.92 Å². The first-order valence-electron chi connectivity index (χ1n) is 19.0. The fraction of sp³-hybridized carbons (Fsp3) is 0.333. The predicted molar refractivity (Wildman–Crippen MR) is 225 cm³/mol. The second-order valence-electron chi connectivity index (χ2n) is 14.5. The summed E-state index contributed by atoms with van der Waals surface area (Å²) in [5, 5.41) is 1.60. The zero-order chi connectivity index (χ0) is 36.6. The number of rotatable bonds is 9. The van der Waals surface area contributed by atoms with Crippen LogP contribution in [-0.2, 0) is 6.54 Å². The number of nitrogens with zero attached hydrogens (tertiary/aromatic N) is 5. The van der Waals surface area contributed by atoms with E-state index in [1.807, 2.05) is 30.0 Å². The van der Waals surface area contributed by atoms with Crippen molar-refractivity contribution >= 4 is 46.3 Å². The molecule has 0 saturated carbocycles. The number of benzene rings is 5. The molecular formula is C45H51Cl2N5S. The number of aryl methyl sites for hydroxylation is 1. The van der Waals surface area contributed by atoms with Gasteiger partial charge in [-0.25, -0.2) is 0 Å². The molecule has 0 amide bonds. The number of likely N-dealkylation sites (N-methyl/N-ethyl adjacent to an activating group) is 1. The molecule has 2 fully saturated rings. The molecule has 5 aromatic carbocycles. The fourth-order valence-electron chi connectivity index (χ4n) is 7.71. The first kappa shape index (κ1) is 38.0. The molecular weight excluding hydrogens is 714 g/mol. The minimum absolute atomic E-state index is 0.277. The van der Waals surface area contributed by atoms with Gasteiger partial charge < -0.3 is 14.7 Å². The molecule has 276 valence electrons. The number of fused-ring (bicyclic) bond motifs is 2. The molecule has 0 spiro atoms. The highest BCUT2D eigenvalue weighted by Crippen LogP contribution is 2.48. The summed E-state index contributed by atoms with van der Waals surface area (Å²) in [7, 11) is 2.21. The van der Waals surface area contributed by atoms with Crippen molar-refractivity contribution in [3.8, 4) is 0 Å². The number of hydrogen-bond donors (Lipinski definition) is 0. The second-order valence-corrected chi connectivity index (χ2v) is 16.5. The summed E-state index contributed by atoms with van der Waals surface area (Å²) in [6.45, 7) is 14.4. The lowest BCUT2D eigenvalue weighted by atomic mass is 9.96. The van der Waals surface area contributed by atoms with Crippen molar-refractivity contribution in [1.82, 2.24) is 19.6 Å². The van der Waals surface area contributed by atoms with Crippen molar-refractivity contribution in [2.24, 2.45) is 0 Å². The van der Waals surface area contributed by atoms with Crippen LogP contribution in [0.25, 0.3) is 0 Å². The van der Waals surface area contributed by atoms with Gasteiger partial charge in [0, 0.05) is 85.3 Å². The third kappa shape index (κ3) is 10.1. The van der Waals surface area contributed by atoms with Crippen molar-refractivity contribution in [1.29, 1.82) is 0 Å².